The number of rotatable bonds is 4. The summed E-state index contributed by atoms with van der Waals surface area (Å²) in [4.78, 5) is 11.4. The van der Waals surface area contributed by atoms with E-state index in [9.17, 15) is 13.6 Å². The molecule has 0 saturated carbocycles. The lowest BCUT2D eigenvalue weighted by Crippen LogP contribution is -2.31. The number of hydrogen-bond donors (Lipinski definition) is 1. The molecule has 5 heteroatoms. The van der Waals surface area contributed by atoms with Gasteiger partial charge in [-0.15, -0.1) is 0 Å². The Morgan fingerprint density at radius 1 is 1.50 bits per heavy atom. The molecule has 0 aliphatic carbocycles. The van der Waals surface area contributed by atoms with Crippen LogP contribution in [0.1, 0.15) is 18.9 Å². The molecule has 1 aromatic rings. The number of nitriles is 1. The number of carbonyl (C=O) groups is 1. The zero-order valence-electron chi connectivity index (χ0n) is 9.78. The Hall–Kier alpha value is -2.22. The van der Waals surface area contributed by atoms with Gasteiger partial charge >= 0.3 is 0 Å². The fraction of sp³-hybridized carbons (Fsp3) is 0.231. The summed E-state index contributed by atoms with van der Waals surface area (Å²) in [6.45, 7) is 1.74. The van der Waals surface area contributed by atoms with Crippen molar-refractivity contribution in [2.45, 2.75) is 19.4 Å². The van der Waals surface area contributed by atoms with Crippen molar-refractivity contribution in [1.29, 1.82) is 5.26 Å². The number of carbonyl (C=O) groups excluding carboxylic acids is 1. The van der Waals surface area contributed by atoms with Gasteiger partial charge in [-0.3, -0.25) is 4.79 Å². The first-order valence-electron chi connectivity index (χ1n) is 5.40. The lowest BCUT2D eigenvalue weighted by Gasteiger charge is -2.05. The molecule has 0 radical (unpaired) electrons. The highest BCUT2D eigenvalue weighted by molar-refractivity contribution is 5.92. The summed E-state index contributed by atoms with van der Waals surface area (Å²) >= 11 is 0. The highest BCUT2D eigenvalue weighted by atomic mass is 19.1. The van der Waals surface area contributed by atoms with Crippen LogP contribution in [-0.4, -0.2) is 11.9 Å². The number of hydrogen-bond acceptors (Lipinski definition) is 2. The molecular formula is C13H12F2N2O. The Morgan fingerprint density at radius 2 is 2.11 bits per heavy atom. The first-order valence-corrected chi connectivity index (χ1v) is 5.40. The predicted octanol–water partition coefficient (Wildman–Crippen LogP) is 2.40. The minimum atomic E-state index is -0.744. The van der Waals surface area contributed by atoms with Crippen molar-refractivity contribution in [1.82, 2.24) is 5.32 Å². The molecule has 1 atom stereocenters. The van der Waals surface area contributed by atoms with Crippen LogP contribution in [0.25, 0.3) is 6.08 Å². The highest BCUT2D eigenvalue weighted by Crippen LogP contribution is 2.13. The van der Waals surface area contributed by atoms with Crippen LogP contribution >= 0.6 is 0 Å². The van der Waals surface area contributed by atoms with Crippen molar-refractivity contribution in [2.75, 3.05) is 0 Å². The average Bonchev–Trinajstić information content (AvgIpc) is 2.35. The smallest absolute Gasteiger partial charge is 0.245 e. The van der Waals surface area contributed by atoms with Gasteiger partial charge in [-0.1, -0.05) is 13.0 Å². The lowest BCUT2D eigenvalue weighted by molar-refractivity contribution is -0.116. The summed E-state index contributed by atoms with van der Waals surface area (Å²) in [5.74, 6) is -2.05. The van der Waals surface area contributed by atoms with Gasteiger partial charge in [0.25, 0.3) is 0 Å². The van der Waals surface area contributed by atoms with Gasteiger partial charge in [-0.2, -0.15) is 5.26 Å². The lowest BCUT2D eigenvalue weighted by atomic mass is 10.2. The average molecular weight is 250 g/mol. The number of amides is 1. The van der Waals surface area contributed by atoms with Crippen molar-refractivity contribution in [3.05, 3.63) is 41.5 Å². The second kappa shape index (κ2) is 6.50. The summed E-state index contributed by atoms with van der Waals surface area (Å²) in [5, 5.41) is 11.0. The normalized spacial score (nSPS) is 12.1. The number of halogens is 2. The molecule has 0 aliphatic heterocycles. The second-order valence-corrected chi connectivity index (χ2v) is 3.57. The van der Waals surface area contributed by atoms with E-state index in [1.165, 1.54) is 6.07 Å². The van der Waals surface area contributed by atoms with Crippen molar-refractivity contribution >= 4 is 12.0 Å². The van der Waals surface area contributed by atoms with Crippen LogP contribution in [0.4, 0.5) is 8.78 Å². The third-order valence-corrected chi connectivity index (χ3v) is 2.28. The first kappa shape index (κ1) is 13.8. The quantitative estimate of drug-likeness (QED) is 0.834. The highest BCUT2D eigenvalue weighted by Gasteiger charge is 2.08. The Kier molecular flexibility index (Phi) is 5.00. The molecule has 18 heavy (non-hydrogen) atoms. The molecule has 0 saturated heterocycles. The Bertz CT molecular complexity index is 486. The molecule has 0 heterocycles. The summed E-state index contributed by atoms with van der Waals surface area (Å²) < 4.78 is 26.4. The van der Waals surface area contributed by atoms with Gasteiger partial charge < -0.3 is 5.32 Å². The van der Waals surface area contributed by atoms with Gasteiger partial charge in [0.05, 0.1) is 6.07 Å². The molecule has 3 nitrogen and oxygen atoms in total. The van der Waals surface area contributed by atoms with Crippen LogP contribution in [0.5, 0.6) is 0 Å². The Morgan fingerprint density at radius 3 is 2.61 bits per heavy atom. The molecule has 94 valence electrons. The molecule has 1 rings (SSSR count). The molecular weight excluding hydrogens is 238 g/mol. The molecule has 0 bridgehead atoms. The SMILES string of the molecule is CC[C@@H](C#N)NC(=O)/C=C\c1c(F)cccc1F. The van der Waals surface area contributed by atoms with Crippen molar-refractivity contribution in [2.24, 2.45) is 0 Å². The molecule has 1 amide bonds. The molecule has 1 aromatic carbocycles. The molecule has 1 N–H and O–H groups in total. The maximum atomic E-state index is 13.2. The van der Waals surface area contributed by atoms with Crippen LogP contribution in [0, 0.1) is 23.0 Å². The summed E-state index contributed by atoms with van der Waals surface area (Å²) in [6.07, 6.45) is 2.51. The fourth-order valence-corrected chi connectivity index (χ4v) is 1.27. The largest absolute Gasteiger partial charge is 0.337 e. The number of nitrogens with one attached hydrogen (secondary N) is 1. The van der Waals surface area contributed by atoms with E-state index in [1.807, 2.05) is 6.07 Å². The molecule has 0 aromatic heterocycles. The third kappa shape index (κ3) is 3.67. The summed E-state index contributed by atoms with van der Waals surface area (Å²) in [5.41, 5.74) is -0.280. The predicted molar refractivity (Wildman–Crippen MR) is 63.2 cm³/mol. The maximum absolute atomic E-state index is 13.2. The van der Waals surface area contributed by atoms with Crippen LogP contribution in [0.2, 0.25) is 0 Å². The number of benzene rings is 1. The van der Waals surface area contributed by atoms with Crippen LogP contribution in [0.3, 0.4) is 0 Å². The molecule has 0 spiro atoms. The van der Waals surface area contributed by atoms with Crippen molar-refractivity contribution in [3.8, 4) is 6.07 Å². The molecule has 0 unspecified atom stereocenters. The van der Waals surface area contributed by atoms with E-state index >= 15 is 0 Å². The summed E-state index contributed by atoms with van der Waals surface area (Å²) in [7, 11) is 0. The third-order valence-electron chi connectivity index (χ3n) is 2.28. The zero-order valence-corrected chi connectivity index (χ0v) is 9.78. The van der Waals surface area contributed by atoms with Gasteiger partial charge in [-0.25, -0.2) is 8.78 Å². The van der Waals surface area contributed by atoms with E-state index in [4.69, 9.17) is 5.26 Å². The van der Waals surface area contributed by atoms with E-state index in [1.54, 1.807) is 6.92 Å². The van der Waals surface area contributed by atoms with Crippen molar-refractivity contribution in [3.63, 3.8) is 0 Å². The Balaban J connectivity index is 2.76. The van der Waals surface area contributed by atoms with Crippen LogP contribution in [0.15, 0.2) is 24.3 Å². The fourth-order valence-electron chi connectivity index (χ4n) is 1.27. The van der Waals surface area contributed by atoms with Crippen LogP contribution < -0.4 is 5.32 Å². The van der Waals surface area contributed by atoms with Gasteiger partial charge in [-0.05, 0) is 24.6 Å². The van der Waals surface area contributed by atoms with E-state index in [2.05, 4.69) is 5.32 Å². The Labute approximate surface area is 104 Å². The standard InChI is InChI=1S/C13H12F2N2O/c1-2-9(8-16)17-13(18)7-6-10-11(14)4-3-5-12(10)15/h3-7,9H,2H2,1H3,(H,17,18)/b7-6-/t9-/m0/s1. The molecule has 0 fully saturated rings. The minimum Gasteiger partial charge on any atom is -0.337 e. The van der Waals surface area contributed by atoms with Gasteiger partial charge in [0.2, 0.25) is 5.91 Å². The van der Waals surface area contributed by atoms with E-state index in [-0.39, 0.29) is 5.56 Å². The van der Waals surface area contributed by atoms with E-state index < -0.39 is 23.6 Å². The summed E-state index contributed by atoms with van der Waals surface area (Å²) in [6, 6.07) is 4.73. The van der Waals surface area contributed by atoms with Gasteiger partial charge in [0.15, 0.2) is 0 Å². The van der Waals surface area contributed by atoms with Crippen molar-refractivity contribution < 1.29 is 13.6 Å². The van der Waals surface area contributed by atoms with Gasteiger partial charge in [0, 0.05) is 11.6 Å². The zero-order chi connectivity index (χ0) is 13.5. The monoisotopic (exact) mass is 250 g/mol. The topological polar surface area (TPSA) is 52.9 Å². The second-order valence-electron chi connectivity index (χ2n) is 3.57. The van der Waals surface area contributed by atoms with Crippen LogP contribution in [-0.2, 0) is 4.79 Å². The van der Waals surface area contributed by atoms with E-state index in [0.717, 1.165) is 24.3 Å². The van der Waals surface area contributed by atoms with E-state index in [0.29, 0.717) is 6.42 Å². The molecule has 0 aliphatic rings. The first-order chi connectivity index (χ1) is 8.58. The maximum Gasteiger partial charge on any atom is 0.245 e. The minimum absolute atomic E-state index is 0.280. The van der Waals surface area contributed by atoms with Gasteiger partial charge in [0.1, 0.15) is 17.7 Å². The number of nitrogens with zero attached hydrogens (tertiary/aromatic N) is 1.